The third-order valence-corrected chi connectivity index (χ3v) is 24.6. The van der Waals surface area contributed by atoms with Crippen molar-refractivity contribution in [1.82, 2.24) is 60.3 Å². The Labute approximate surface area is 651 Å². The number of phosphoric ester groups is 2. The number of nitrogens with zero attached hydrogens (tertiary/aromatic N) is 10. The number of phosphoric acid groups is 6. The summed E-state index contributed by atoms with van der Waals surface area (Å²) in [6, 6.07) is 26.4. The Kier molecular flexibility index (Phi) is 27.0. The van der Waals surface area contributed by atoms with Crippen LogP contribution in [0.2, 0.25) is 0 Å². The highest BCUT2D eigenvalue weighted by Crippen LogP contribution is 2.67. The van der Waals surface area contributed by atoms with Gasteiger partial charge in [0.05, 0.1) is 25.9 Å². The van der Waals surface area contributed by atoms with E-state index in [-0.39, 0.29) is 84.8 Å². The molecule has 116 heavy (non-hydrogen) atoms. The van der Waals surface area contributed by atoms with E-state index in [4.69, 9.17) is 63.1 Å². The Morgan fingerprint density at radius 3 is 1.22 bits per heavy atom. The number of ether oxygens (including phenoxy) is 4. The molecule has 4 aromatic carbocycles. The SMILES string of the molecule is Nc1ccc2cc3ccc(N)cc3[n+](CCCC(=O)NCCNC(=O)O[C@H]3[C@H](O)[C@@H](COP(=O)(O)OP(=O)(O)OP(=O)([O-])O)O[C@H]3n3cnc4c(N)ncnc43)c2c1.Nc1ccc2cc3ccc(N)cc3[n+](CCCC(=O)NCCNC(=O)O[C@H]3[C@H](O)[C@H](n4cnc5c(N)ncnc54)O[C@@H]3COP(=O)(O)OP(=O)(O)OP(=O)([O-])O)c2c1. The molecule has 50 nitrogen and oxygen atoms in total. The zero-order chi connectivity index (χ0) is 84.0. The molecule has 4 amide bonds. The first-order valence-corrected chi connectivity index (χ1v) is 42.9. The molecule has 12 rings (SSSR count). The molecule has 6 unspecified atom stereocenters. The van der Waals surface area contributed by atoms with Crippen molar-refractivity contribution >= 4 is 171 Å². The van der Waals surface area contributed by atoms with Crippen molar-refractivity contribution in [2.75, 3.05) is 73.8 Å². The lowest BCUT2D eigenvalue weighted by molar-refractivity contribution is -0.645. The molecule has 2 fully saturated rings. The largest absolute Gasteiger partial charge is 0.756 e. The number of nitrogen functional groups attached to an aromatic ring is 6. The van der Waals surface area contributed by atoms with E-state index < -0.39 is 121 Å². The first-order chi connectivity index (χ1) is 54.6. The van der Waals surface area contributed by atoms with Crippen LogP contribution in [0, 0.1) is 0 Å². The highest BCUT2D eigenvalue weighted by Gasteiger charge is 2.52. The van der Waals surface area contributed by atoms with Crippen LogP contribution in [0.4, 0.5) is 44.0 Å². The Hall–Kier alpha value is -9.74. The molecular formula is C60H74N20O30P6. The molecule has 56 heteroatoms. The lowest BCUT2D eigenvalue weighted by atomic mass is 10.1. The van der Waals surface area contributed by atoms with Crippen LogP contribution in [0.1, 0.15) is 38.1 Å². The number of carbonyl (C=O) groups is 4. The second-order valence-corrected chi connectivity index (χ2v) is 34.1. The van der Waals surface area contributed by atoms with E-state index in [2.05, 4.69) is 77.5 Å². The van der Waals surface area contributed by atoms with Gasteiger partial charge in [-0.25, -0.2) is 66.4 Å². The summed E-state index contributed by atoms with van der Waals surface area (Å²) in [5.74, 6) is -0.678. The van der Waals surface area contributed by atoms with Gasteiger partial charge in [-0.1, -0.05) is 0 Å². The average Bonchev–Trinajstić information content (AvgIpc) is 0.821. The average molecular weight is 1740 g/mol. The number of aryl methyl sites for hydroxylation is 2. The molecule has 0 aliphatic carbocycles. The Balaban J connectivity index is 0.000000228. The lowest BCUT2D eigenvalue weighted by Gasteiger charge is -2.23. The maximum atomic E-state index is 12.9. The predicted octanol–water partition coefficient (Wildman–Crippen LogP) is -0.344. The highest BCUT2D eigenvalue weighted by atomic mass is 31.3. The molecule has 10 aromatic rings. The van der Waals surface area contributed by atoms with Gasteiger partial charge in [0.1, 0.15) is 61.2 Å². The highest BCUT2D eigenvalue weighted by molar-refractivity contribution is 7.67. The molecule has 6 aromatic heterocycles. The Morgan fingerprint density at radius 1 is 0.457 bits per heavy atom. The molecule has 8 heterocycles. The smallest absolute Gasteiger partial charge is 0.487 e. The van der Waals surface area contributed by atoms with E-state index in [9.17, 15) is 86.1 Å². The number of anilines is 6. The standard InChI is InChI=1S/2C30H37N10O15P3/c31-18-5-3-16-10-17-4-6-19(32)12-21(17)39(20(16)11-18)9-1-2-23(41)34-7-8-35-30(43)53-26-22(13-51-57(47,48)55-58(49,50)54-56(44,45)46)52-29(25(26)42)40-15-38-24-27(33)36-14-37-28(24)40;31-18-5-3-16-10-17-4-6-19(32)12-21(17)39(20(16)11-18)9-1-2-23(41)34-7-8-35-30(43)53-26-25(42)22(13-51-57(47,48)55-58(49,50)54-56(44,45)46)52-29(26)40-15-38-24-27(33)36-14-37-28(24)40/h2*3-6,10-12,14-15,22,25-26,29,42H,1-2,7-9,13H2,(H11,31,32,33,34,35,36,37,41,43,44,45,46,47,48,49,50)/t22-,25+,26-,29-;22-,25-,26+,29-/m11/s1. The van der Waals surface area contributed by atoms with E-state index in [1.165, 1.54) is 15.5 Å². The minimum absolute atomic E-state index is 0.0143. The van der Waals surface area contributed by atoms with E-state index in [0.29, 0.717) is 48.7 Å². The van der Waals surface area contributed by atoms with Crippen molar-refractivity contribution in [3.63, 3.8) is 0 Å². The van der Waals surface area contributed by atoms with Gasteiger partial charge in [0.2, 0.25) is 33.9 Å². The number of alkyl carbamates (subject to hydrolysis) is 2. The molecule has 624 valence electrons. The van der Waals surface area contributed by atoms with Gasteiger partial charge in [0.25, 0.3) is 15.6 Å². The van der Waals surface area contributed by atoms with Gasteiger partial charge in [-0.15, -0.1) is 0 Å². The van der Waals surface area contributed by atoms with E-state index in [1.54, 1.807) is 12.1 Å². The second-order valence-electron chi connectivity index (χ2n) is 25.4. The minimum Gasteiger partial charge on any atom is -0.756 e. The number of carbonyl (C=O) groups excluding carboxylic acids is 4. The summed E-state index contributed by atoms with van der Waals surface area (Å²) in [5, 5.41) is 36.4. The maximum Gasteiger partial charge on any atom is 0.487 e. The summed E-state index contributed by atoms with van der Waals surface area (Å²) in [6.07, 6.45) is -9.64. The molecule has 24 N–H and O–H groups in total. The van der Waals surface area contributed by atoms with Crippen LogP contribution in [0.5, 0.6) is 0 Å². The zero-order valence-electron chi connectivity index (χ0n) is 59.7. The number of rotatable bonds is 32. The van der Waals surface area contributed by atoms with E-state index in [1.807, 2.05) is 81.9 Å². The Morgan fingerprint density at radius 2 is 0.819 bits per heavy atom. The summed E-state index contributed by atoms with van der Waals surface area (Å²) in [6.45, 7) is -1.58. The number of aliphatic hydroxyl groups is 2. The van der Waals surface area contributed by atoms with Crippen LogP contribution in [0.3, 0.4) is 0 Å². The number of imidazole rings is 2. The normalized spacial score (nSPS) is 21.3. The van der Waals surface area contributed by atoms with E-state index >= 15 is 0 Å². The third-order valence-electron chi connectivity index (χ3n) is 17.1. The van der Waals surface area contributed by atoms with Crippen LogP contribution in [0.15, 0.2) is 110 Å². The van der Waals surface area contributed by atoms with Gasteiger partial charge in [0, 0.05) is 120 Å². The topological polar surface area (TPSA) is 770 Å². The van der Waals surface area contributed by atoms with Crippen molar-refractivity contribution in [3.05, 3.63) is 110 Å². The number of hydrogen-bond acceptors (Lipinski definition) is 36. The van der Waals surface area contributed by atoms with Crippen molar-refractivity contribution in [1.29, 1.82) is 0 Å². The molecule has 2 aliphatic heterocycles. The number of aliphatic hydroxyl groups excluding tert-OH is 2. The first kappa shape index (κ1) is 87.1. The summed E-state index contributed by atoms with van der Waals surface area (Å²) in [5.41, 5.74) is 42.1. The number of amides is 4. The lowest BCUT2D eigenvalue weighted by Crippen LogP contribution is -2.42. The van der Waals surface area contributed by atoms with Gasteiger partial charge >= 0.3 is 43.5 Å². The van der Waals surface area contributed by atoms with Gasteiger partial charge in [-0.2, -0.15) is 17.8 Å². The number of benzene rings is 4. The molecule has 0 bridgehead atoms. The van der Waals surface area contributed by atoms with Gasteiger partial charge in [0.15, 0.2) is 47.6 Å². The van der Waals surface area contributed by atoms with Gasteiger partial charge < -0.3 is 124 Å². The first-order valence-electron chi connectivity index (χ1n) is 33.9. The minimum atomic E-state index is -5.92. The summed E-state index contributed by atoms with van der Waals surface area (Å²) in [4.78, 5) is 153. The summed E-state index contributed by atoms with van der Waals surface area (Å²) < 4.78 is 122. The van der Waals surface area contributed by atoms with Crippen molar-refractivity contribution in [3.8, 4) is 0 Å². The third kappa shape index (κ3) is 22.5. The van der Waals surface area contributed by atoms with Crippen molar-refractivity contribution in [2.24, 2.45) is 0 Å². The van der Waals surface area contributed by atoms with Gasteiger partial charge in [-0.3, -0.25) is 36.9 Å². The monoisotopic (exact) mass is 1740 g/mol. The molecule has 2 saturated heterocycles. The van der Waals surface area contributed by atoms with Crippen LogP contribution in [-0.4, -0.2) is 179 Å². The summed E-state index contributed by atoms with van der Waals surface area (Å²) >= 11 is 0. The number of aromatic nitrogens is 10. The number of nitrogens with one attached hydrogen (secondary N) is 4. The maximum absolute atomic E-state index is 12.9. The van der Waals surface area contributed by atoms with Crippen LogP contribution in [0.25, 0.3) is 65.9 Å². The quantitative estimate of drug-likeness (QED) is 0.00843. The Bertz CT molecular complexity index is 5570. The molecular weight excluding hydrogens is 1670 g/mol. The molecule has 0 spiro atoms. The second kappa shape index (κ2) is 36.0. The fourth-order valence-electron chi connectivity index (χ4n) is 12.3. The van der Waals surface area contributed by atoms with Crippen molar-refractivity contribution in [2.45, 2.75) is 87.9 Å². The van der Waals surface area contributed by atoms with Crippen LogP contribution in [-0.2, 0) is 95.3 Å². The van der Waals surface area contributed by atoms with Gasteiger partial charge in [-0.05, 0) is 60.7 Å². The van der Waals surface area contributed by atoms with E-state index in [0.717, 1.165) is 62.6 Å². The predicted molar refractivity (Wildman–Crippen MR) is 396 cm³/mol. The molecule has 14 atom stereocenters. The number of hydrogen-bond donors (Lipinski definition) is 18. The molecule has 0 radical (unpaired) electrons. The van der Waals surface area contributed by atoms with Crippen molar-refractivity contribution < 1.29 is 150 Å². The fraction of sp³-hybridized carbons (Fsp3) is 0.333. The molecule has 0 saturated carbocycles. The number of pyridine rings is 2. The molecule has 2 aliphatic rings. The summed E-state index contributed by atoms with van der Waals surface area (Å²) in [7, 11) is -35.0. The number of fused-ring (bicyclic) bond motifs is 6. The van der Waals surface area contributed by atoms with Crippen LogP contribution >= 0.6 is 46.9 Å². The fourth-order valence-corrected chi connectivity index (χ4v) is 18.3. The number of nitrogens with two attached hydrogens (primary N) is 6. The van der Waals surface area contributed by atoms with Crippen LogP contribution < -0.4 is 74.6 Å². The zero-order valence-corrected chi connectivity index (χ0v) is 65.0.